The Hall–Kier alpha value is -1.73. The third-order valence-electron chi connectivity index (χ3n) is 4.50. The highest BCUT2D eigenvalue weighted by molar-refractivity contribution is 6.31. The maximum atomic E-state index is 11.4. The minimum atomic E-state index is -0.199. The van der Waals surface area contributed by atoms with E-state index in [1.807, 2.05) is 19.9 Å². The van der Waals surface area contributed by atoms with E-state index in [0.717, 1.165) is 0 Å². The summed E-state index contributed by atoms with van der Waals surface area (Å²) in [4.78, 5) is 11.4. The molecule has 4 nitrogen and oxygen atoms in total. The first-order chi connectivity index (χ1) is 11.1. The molecule has 1 amide bonds. The van der Waals surface area contributed by atoms with Crippen molar-refractivity contribution in [1.29, 1.82) is 5.26 Å². The van der Waals surface area contributed by atoms with Crippen molar-refractivity contribution >= 4 is 17.5 Å². The van der Waals surface area contributed by atoms with Crippen LogP contribution in [0, 0.1) is 22.2 Å². The van der Waals surface area contributed by atoms with E-state index in [0.29, 0.717) is 16.3 Å². The molecule has 0 heterocycles. The molecule has 0 atom stereocenters. The third-order valence-corrected chi connectivity index (χ3v) is 4.81. The molecule has 0 aliphatic heterocycles. The molecule has 0 unspecified atom stereocenters. The van der Waals surface area contributed by atoms with Crippen molar-refractivity contribution in [2.45, 2.75) is 60.6 Å². The monoisotopic (exact) mass is 350 g/mol. The van der Waals surface area contributed by atoms with Gasteiger partial charge in [0.15, 0.2) is 0 Å². The number of ether oxygens (including phenoxy) is 1. The van der Waals surface area contributed by atoms with Crippen LogP contribution in [0.4, 0.5) is 0 Å². The van der Waals surface area contributed by atoms with Gasteiger partial charge >= 0.3 is 0 Å². The van der Waals surface area contributed by atoms with Gasteiger partial charge in [-0.2, -0.15) is 5.26 Å². The summed E-state index contributed by atoms with van der Waals surface area (Å²) in [6, 6.07) is 7.14. The average molecular weight is 351 g/mol. The maximum Gasteiger partial charge on any atom is 0.217 e. The lowest BCUT2D eigenvalue weighted by Crippen LogP contribution is -2.74. The fraction of sp³-hybridized carbons (Fsp3) is 0.579. The third kappa shape index (κ3) is 3.67. The number of nitriles is 1. The molecule has 2 rings (SSSR count). The highest BCUT2D eigenvalue weighted by Crippen LogP contribution is 2.55. The van der Waals surface area contributed by atoms with Gasteiger partial charge in [0.25, 0.3) is 0 Å². The van der Waals surface area contributed by atoms with Crippen molar-refractivity contribution in [3.05, 3.63) is 28.8 Å². The van der Waals surface area contributed by atoms with E-state index < -0.39 is 0 Å². The average Bonchev–Trinajstić information content (AvgIpc) is 2.52. The molecule has 0 spiro atoms. The second kappa shape index (κ2) is 7.44. The van der Waals surface area contributed by atoms with Crippen LogP contribution in [-0.2, 0) is 4.79 Å². The van der Waals surface area contributed by atoms with E-state index in [1.54, 1.807) is 18.2 Å². The fourth-order valence-electron chi connectivity index (χ4n) is 3.80. The van der Waals surface area contributed by atoms with Crippen LogP contribution < -0.4 is 10.1 Å². The molecule has 0 saturated heterocycles. The van der Waals surface area contributed by atoms with Crippen LogP contribution in [0.2, 0.25) is 5.02 Å². The molecule has 1 aliphatic rings. The summed E-state index contributed by atoms with van der Waals surface area (Å²) in [6.45, 7) is 13.8. The van der Waals surface area contributed by atoms with Gasteiger partial charge in [-0.3, -0.25) is 4.79 Å². The Morgan fingerprint density at radius 3 is 2.21 bits per heavy atom. The number of hydrogen-bond donors (Lipinski definition) is 1. The van der Waals surface area contributed by atoms with Crippen molar-refractivity contribution < 1.29 is 9.53 Å². The lowest BCUT2D eigenvalue weighted by molar-refractivity contribution is -0.172. The van der Waals surface area contributed by atoms with Gasteiger partial charge < -0.3 is 10.1 Å². The van der Waals surface area contributed by atoms with Crippen LogP contribution in [0.25, 0.3) is 0 Å². The van der Waals surface area contributed by atoms with E-state index in [9.17, 15) is 4.79 Å². The first-order valence-corrected chi connectivity index (χ1v) is 8.62. The van der Waals surface area contributed by atoms with E-state index in [1.165, 1.54) is 6.92 Å². The minimum absolute atomic E-state index is 0.0361. The van der Waals surface area contributed by atoms with Gasteiger partial charge in [-0.15, -0.1) is 0 Å². The Labute approximate surface area is 150 Å². The zero-order chi connectivity index (χ0) is 18.7. The molecule has 1 aliphatic carbocycles. The number of nitrogens with one attached hydrogen (secondary N) is 1. The van der Waals surface area contributed by atoms with Crippen LogP contribution in [0.15, 0.2) is 18.2 Å². The Morgan fingerprint density at radius 2 is 1.79 bits per heavy atom. The van der Waals surface area contributed by atoms with Gasteiger partial charge in [-0.25, -0.2) is 0 Å². The predicted octanol–water partition coefficient (Wildman–Crippen LogP) is 4.56. The number of halogens is 1. The minimum Gasteiger partial charge on any atom is -0.489 e. The molecule has 5 heteroatoms. The van der Waals surface area contributed by atoms with Gasteiger partial charge in [-0.1, -0.05) is 53.1 Å². The van der Waals surface area contributed by atoms with Gasteiger partial charge in [0.1, 0.15) is 17.9 Å². The van der Waals surface area contributed by atoms with Crippen molar-refractivity contribution in [2.75, 3.05) is 0 Å². The Kier molecular flexibility index (Phi) is 6.30. The Balaban J connectivity index is 0.00000139. The van der Waals surface area contributed by atoms with Crippen LogP contribution in [-0.4, -0.2) is 18.1 Å². The van der Waals surface area contributed by atoms with Gasteiger partial charge in [0.2, 0.25) is 5.91 Å². The molecule has 1 aromatic carbocycles. The number of carbonyl (C=O) groups excluding carboxylic acids is 1. The van der Waals surface area contributed by atoms with E-state index in [-0.39, 0.29) is 28.9 Å². The molecule has 0 bridgehead atoms. The molecule has 132 valence electrons. The first kappa shape index (κ1) is 20.3. The van der Waals surface area contributed by atoms with Gasteiger partial charge in [-0.05, 0) is 12.1 Å². The smallest absolute Gasteiger partial charge is 0.217 e. The van der Waals surface area contributed by atoms with Crippen LogP contribution >= 0.6 is 11.6 Å². The Morgan fingerprint density at radius 1 is 1.25 bits per heavy atom. The largest absolute Gasteiger partial charge is 0.489 e. The molecular formula is C19H27ClN2O2. The standard InChI is InChI=1S/C17H21ClN2O2.C2H6/c1-10(21)20-14-16(2,3)15(17(14,4)5)22-12-7-6-11(9-19)13(18)8-12;1-2/h6-8,14-15H,1-5H3,(H,20,21);1-2H3. The molecule has 1 aromatic rings. The summed E-state index contributed by atoms with van der Waals surface area (Å²) in [5, 5.41) is 12.3. The summed E-state index contributed by atoms with van der Waals surface area (Å²) in [5.41, 5.74) is 0.0303. The fourth-order valence-corrected chi connectivity index (χ4v) is 4.01. The number of nitrogens with zero attached hydrogens (tertiary/aromatic N) is 1. The van der Waals surface area contributed by atoms with Crippen LogP contribution in [0.3, 0.4) is 0 Å². The second-order valence-corrected chi connectivity index (χ2v) is 7.43. The highest BCUT2D eigenvalue weighted by Gasteiger charge is 2.63. The number of carbonyl (C=O) groups is 1. The number of hydrogen-bond acceptors (Lipinski definition) is 3. The number of rotatable bonds is 3. The van der Waals surface area contributed by atoms with Gasteiger partial charge in [0, 0.05) is 29.9 Å². The lowest BCUT2D eigenvalue weighted by atomic mass is 9.49. The summed E-state index contributed by atoms with van der Waals surface area (Å²) in [7, 11) is 0. The van der Waals surface area contributed by atoms with Crippen molar-refractivity contribution in [3.63, 3.8) is 0 Å². The van der Waals surface area contributed by atoms with Crippen molar-refractivity contribution in [1.82, 2.24) is 5.32 Å². The Bertz CT molecular complexity index is 631. The lowest BCUT2D eigenvalue weighted by Gasteiger charge is -2.63. The van der Waals surface area contributed by atoms with Crippen LogP contribution in [0.1, 0.15) is 54.0 Å². The highest BCUT2D eigenvalue weighted by atomic mass is 35.5. The summed E-state index contributed by atoms with van der Waals surface area (Å²) in [6.07, 6.45) is -0.0687. The van der Waals surface area contributed by atoms with Crippen molar-refractivity contribution in [2.24, 2.45) is 10.8 Å². The summed E-state index contributed by atoms with van der Waals surface area (Å²) in [5.74, 6) is 0.599. The zero-order valence-corrected chi connectivity index (χ0v) is 16.3. The first-order valence-electron chi connectivity index (χ1n) is 8.24. The summed E-state index contributed by atoms with van der Waals surface area (Å²) >= 11 is 6.05. The number of amides is 1. The normalized spacial score (nSPS) is 23.0. The van der Waals surface area contributed by atoms with E-state index in [2.05, 4.69) is 33.0 Å². The van der Waals surface area contributed by atoms with Gasteiger partial charge in [0.05, 0.1) is 10.6 Å². The number of benzene rings is 1. The van der Waals surface area contributed by atoms with E-state index in [4.69, 9.17) is 21.6 Å². The van der Waals surface area contributed by atoms with Crippen LogP contribution in [0.5, 0.6) is 5.75 Å². The second-order valence-electron chi connectivity index (χ2n) is 7.03. The zero-order valence-electron chi connectivity index (χ0n) is 15.5. The maximum absolute atomic E-state index is 11.4. The molecule has 24 heavy (non-hydrogen) atoms. The van der Waals surface area contributed by atoms with Crippen molar-refractivity contribution in [3.8, 4) is 11.8 Å². The SMILES string of the molecule is CC.CC(=O)NC1C(C)(C)C(Oc2ccc(C#N)c(Cl)c2)C1(C)C. The molecule has 1 fully saturated rings. The summed E-state index contributed by atoms with van der Waals surface area (Å²) < 4.78 is 6.13. The van der Waals surface area contributed by atoms with E-state index >= 15 is 0 Å². The quantitative estimate of drug-likeness (QED) is 0.869. The topological polar surface area (TPSA) is 62.1 Å². The molecule has 1 saturated carbocycles. The molecular weight excluding hydrogens is 324 g/mol. The predicted molar refractivity (Wildman–Crippen MR) is 97.1 cm³/mol. The molecule has 0 aromatic heterocycles. The molecule has 0 radical (unpaired) electrons. The molecule has 1 N–H and O–H groups in total.